The van der Waals surface area contributed by atoms with Crippen LogP contribution in [0.4, 0.5) is 13.2 Å². The van der Waals surface area contributed by atoms with Gasteiger partial charge in [-0.2, -0.15) is 18.3 Å². The first-order chi connectivity index (χ1) is 7.47. The zero-order valence-electron chi connectivity index (χ0n) is 8.36. The maximum Gasteiger partial charge on any atom is 0.416 e. The van der Waals surface area contributed by atoms with Crippen molar-refractivity contribution in [3.63, 3.8) is 0 Å². The van der Waals surface area contributed by atoms with Gasteiger partial charge in [-0.25, -0.2) is 9.67 Å². The molecule has 0 aromatic carbocycles. The Balaban J connectivity index is 2.44. The van der Waals surface area contributed by atoms with Gasteiger partial charge in [-0.05, 0) is 25.1 Å². The molecule has 84 valence electrons. The monoisotopic (exact) mass is 227 g/mol. The minimum absolute atomic E-state index is 0.155. The van der Waals surface area contributed by atoms with Gasteiger partial charge in [0.2, 0.25) is 0 Å². The fraction of sp³-hybridized carbons (Fsp3) is 0.200. The molecule has 2 aromatic heterocycles. The molecule has 0 aliphatic carbocycles. The first-order valence-electron chi connectivity index (χ1n) is 4.53. The molecule has 0 amide bonds. The molecule has 0 aliphatic heterocycles. The highest BCUT2D eigenvalue weighted by Crippen LogP contribution is 2.29. The fourth-order valence-electron chi connectivity index (χ4n) is 1.26. The number of aryl methyl sites for hydroxylation is 1. The van der Waals surface area contributed by atoms with E-state index in [-0.39, 0.29) is 5.82 Å². The summed E-state index contributed by atoms with van der Waals surface area (Å²) in [7, 11) is 0. The molecular formula is C10H8F3N3. The molecule has 2 heterocycles. The van der Waals surface area contributed by atoms with Crippen LogP contribution in [0.5, 0.6) is 0 Å². The Hall–Kier alpha value is -1.85. The zero-order chi connectivity index (χ0) is 11.8. The molecule has 3 nitrogen and oxygen atoms in total. The highest BCUT2D eigenvalue weighted by Gasteiger charge is 2.30. The Morgan fingerprint density at radius 3 is 2.56 bits per heavy atom. The normalized spacial score (nSPS) is 11.8. The lowest BCUT2D eigenvalue weighted by molar-refractivity contribution is -0.137. The minimum atomic E-state index is -4.36. The van der Waals surface area contributed by atoms with Crippen LogP contribution in [-0.2, 0) is 6.18 Å². The van der Waals surface area contributed by atoms with E-state index >= 15 is 0 Å². The highest BCUT2D eigenvalue weighted by atomic mass is 19.4. The van der Waals surface area contributed by atoms with Crippen LogP contribution in [-0.4, -0.2) is 14.8 Å². The molecule has 16 heavy (non-hydrogen) atoms. The molecule has 0 radical (unpaired) electrons. The minimum Gasteiger partial charge on any atom is -0.237 e. The van der Waals surface area contributed by atoms with Crippen molar-refractivity contribution in [3.8, 4) is 5.82 Å². The third-order valence-electron chi connectivity index (χ3n) is 2.03. The molecule has 0 N–H and O–H groups in total. The summed E-state index contributed by atoms with van der Waals surface area (Å²) >= 11 is 0. The molecule has 0 bridgehead atoms. The van der Waals surface area contributed by atoms with Crippen LogP contribution in [0, 0.1) is 6.92 Å². The molecule has 0 atom stereocenters. The average Bonchev–Trinajstić information content (AvgIpc) is 2.64. The zero-order valence-corrected chi connectivity index (χ0v) is 8.36. The second-order valence-corrected chi connectivity index (χ2v) is 3.30. The van der Waals surface area contributed by atoms with Crippen LogP contribution in [0.2, 0.25) is 0 Å². The Labute approximate surface area is 89.5 Å². The molecule has 0 spiro atoms. The second-order valence-electron chi connectivity index (χ2n) is 3.30. The largest absolute Gasteiger partial charge is 0.416 e. The van der Waals surface area contributed by atoms with E-state index in [0.29, 0.717) is 0 Å². The molecule has 2 aromatic rings. The van der Waals surface area contributed by atoms with Crippen molar-refractivity contribution in [2.24, 2.45) is 0 Å². The predicted molar refractivity (Wildman–Crippen MR) is 51.1 cm³/mol. The Bertz CT molecular complexity index is 502. The van der Waals surface area contributed by atoms with Crippen molar-refractivity contribution in [1.82, 2.24) is 14.8 Å². The number of rotatable bonds is 1. The van der Waals surface area contributed by atoms with E-state index in [2.05, 4.69) is 10.1 Å². The van der Waals surface area contributed by atoms with E-state index in [9.17, 15) is 13.2 Å². The molecule has 0 saturated heterocycles. The number of nitrogens with zero attached hydrogens (tertiary/aromatic N) is 3. The van der Waals surface area contributed by atoms with E-state index in [4.69, 9.17) is 0 Å². The van der Waals surface area contributed by atoms with Gasteiger partial charge in [0.05, 0.1) is 11.3 Å². The van der Waals surface area contributed by atoms with Gasteiger partial charge >= 0.3 is 6.18 Å². The quantitative estimate of drug-likeness (QED) is 0.749. The number of hydrogen-bond acceptors (Lipinski definition) is 2. The summed E-state index contributed by atoms with van der Waals surface area (Å²) in [4.78, 5) is 3.84. The van der Waals surface area contributed by atoms with E-state index in [0.717, 1.165) is 24.0 Å². The summed E-state index contributed by atoms with van der Waals surface area (Å²) in [5.74, 6) is 0.155. The van der Waals surface area contributed by atoms with Crippen molar-refractivity contribution < 1.29 is 13.2 Å². The Kier molecular flexibility index (Phi) is 2.41. The van der Waals surface area contributed by atoms with Gasteiger partial charge in [-0.3, -0.25) is 0 Å². The fourth-order valence-corrected chi connectivity index (χ4v) is 1.26. The summed E-state index contributed by atoms with van der Waals surface area (Å²) in [6.45, 7) is 1.75. The van der Waals surface area contributed by atoms with E-state index in [1.54, 1.807) is 19.2 Å². The van der Waals surface area contributed by atoms with Gasteiger partial charge < -0.3 is 0 Å². The predicted octanol–water partition coefficient (Wildman–Crippen LogP) is 2.59. The number of pyridine rings is 1. The number of hydrogen-bond donors (Lipinski definition) is 0. The molecule has 0 saturated carbocycles. The third-order valence-corrected chi connectivity index (χ3v) is 2.03. The van der Waals surface area contributed by atoms with E-state index in [1.807, 2.05) is 0 Å². The molecule has 0 fully saturated rings. The van der Waals surface area contributed by atoms with Gasteiger partial charge in [0.15, 0.2) is 5.82 Å². The maximum atomic E-state index is 12.4. The van der Waals surface area contributed by atoms with Crippen molar-refractivity contribution in [2.75, 3.05) is 0 Å². The third kappa shape index (κ3) is 2.05. The van der Waals surface area contributed by atoms with E-state index < -0.39 is 11.7 Å². The van der Waals surface area contributed by atoms with Crippen LogP contribution in [0.1, 0.15) is 11.3 Å². The van der Waals surface area contributed by atoms with Crippen LogP contribution in [0.3, 0.4) is 0 Å². The molecule has 0 unspecified atom stereocenters. The van der Waals surface area contributed by atoms with Crippen LogP contribution < -0.4 is 0 Å². The van der Waals surface area contributed by atoms with Gasteiger partial charge in [0.25, 0.3) is 0 Å². The molecular weight excluding hydrogens is 219 g/mol. The number of alkyl halides is 3. The van der Waals surface area contributed by atoms with E-state index in [1.165, 1.54) is 4.68 Å². The van der Waals surface area contributed by atoms with Crippen LogP contribution in [0.25, 0.3) is 5.82 Å². The summed E-state index contributed by atoms with van der Waals surface area (Å²) in [5.41, 5.74) is -0.00938. The first-order valence-corrected chi connectivity index (χ1v) is 4.53. The molecule has 2 rings (SSSR count). The van der Waals surface area contributed by atoms with Gasteiger partial charge in [-0.15, -0.1) is 0 Å². The SMILES string of the molecule is Cc1ccn(-c2cc(C(F)(F)F)ccn2)n1. The summed E-state index contributed by atoms with van der Waals surface area (Å²) in [6.07, 6.45) is -1.67. The highest BCUT2D eigenvalue weighted by molar-refractivity contribution is 5.29. The Morgan fingerprint density at radius 1 is 1.25 bits per heavy atom. The second kappa shape index (κ2) is 3.62. The molecule has 6 heteroatoms. The standard InChI is InChI=1S/C10H8F3N3/c1-7-3-5-16(15-7)9-6-8(2-4-14-9)10(11,12)13/h2-6H,1H3. The molecule has 0 aliphatic rings. The van der Waals surface area contributed by atoms with Crippen LogP contribution in [0.15, 0.2) is 30.6 Å². The smallest absolute Gasteiger partial charge is 0.237 e. The van der Waals surface area contributed by atoms with Crippen LogP contribution >= 0.6 is 0 Å². The van der Waals surface area contributed by atoms with Gasteiger partial charge in [-0.1, -0.05) is 0 Å². The van der Waals surface area contributed by atoms with Crippen molar-refractivity contribution in [2.45, 2.75) is 13.1 Å². The summed E-state index contributed by atoms with van der Waals surface area (Å²) in [5, 5.41) is 3.99. The lowest BCUT2D eigenvalue weighted by Gasteiger charge is -2.07. The Morgan fingerprint density at radius 2 is 2.00 bits per heavy atom. The van der Waals surface area contributed by atoms with Crippen molar-refractivity contribution in [1.29, 1.82) is 0 Å². The van der Waals surface area contributed by atoms with Gasteiger partial charge in [0, 0.05) is 12.4 Å². The lowest BCUT2D eigenvalue weighted by atomic mass is 10.2. The first kappa shape index (κ1) is 10.7. The van der Waals surface area contributed by atoms with Crippen molar-refractivity contribution in [3.05, 3.63) is 41.9 Å². The summed E-state index contributed by atoms with van der Waals surface area (Å²) < 4.78 is 38.6. The number of halogens is 3. The topological polar surface area (TPSA) is 30.7 Å². The van der Waals surface area contributed by atoms with Crippen molar-refractivity contribution >= 4 is 0 Å². The maximum absolute atomic E-state index is 12.4. The lowest BCUT2D eigenvalue weighted by Crippen LogP contribution is -2.07. The summed E-state index contributed by atoms with van der Waals surface area (Å²) in [6, 6.07) is 3.59. The number of aromatic nitrogens is 3. The average molecular weight is 227 g/mol. The van der Waals surface area contributed by atoms with Gasteiger partial charge in [0.1, 0.15) is 0 Å².